The quantitative estimate of drug-likeness (QED) is 0.750. The molecule has 0 aromatic heterocycles. The molecule has 1 aromatic rings. The molecule has 0 bridgehead atoms. The highest BCUT2D eigenvalue weighted by Gasteiger charge is 2.12. The van der Waals surface area contributed by atoms with Crippen LogP contribution in [-0.4, -0.2) is 56.1 Å². The molecular weight excluding hydrogens is 246 g/mol. The van der Waals surface area contributed by atoms with Crippen LogP contribution in [0.5, 0.6) is 0 Å². The third kappa shape index (κ3) is 7.63. The Hall–Kier alpha value is -0.900. The van der Waals surface area contributed by atoms with Gasteiger partial charge < -0.3 is 15.5 Å². The number of benzene rings is 1. The third-order valence-corrected chi connectivity index (χ3v) is 3.32. The van der Waals surface area contributed by atoms with E-state index in [1.54, 1.807) is 0 Å². The minimum Gasteiger partial charge on any atom is -0.326 e. The van der Waals surface area contributed by atoms with Gasteiger partial charge in [-0.3, -0.25) is 0 Å². The number of hydrogen-bond acceptors (Lipinski definition) is 3. The van der Waals surface area contributed by atoms with E-state index in [1.165, 1.54) is 5.56 Å². The van der Waals surface area contributed by atoms with Gasteiger partial charge >= 0.3 is 0 Å². The van der Waals surface area contributed by atoms with Crippen molar-refractivity contribution in [1.82, 2.24) is 9.80 Å². The molecule has 1 aromatic carbocycles. The Morgan fingerprint density at radius 3 is 2.20 bits per heavy atom. The van der Waals surface area contributed by atoms with Crippen LogP contribution >= 0.6 is 0 Å². The summed E-state index contributed by atoms with van der Waals surface area (Å²) in [7, 11) is 4.24. The number of rotatable bonds is 9. The van der Waals surface area contributed by atoms with Crippen LogP contribution in [0.4, 0.5) is 0 Å². The summed E-state index contributed by atoms with van der Waals surface area (Å²) in [5.41, 5.74) is 7.66. The van der Waals surface area contributed by atoms with E-state index in [0.29, 0.717) is 5.92 Å². The molecule has 20 heavy (non-hydrogen) atoms. The molecule has 0 heterocycles. The van der Waals surface area contributed by atoms with Crippen molar-refractivity contribution in [2.75, 3.05) is 40.3 Å². The summed E-state index contributed by atoms with van der Waals surface area (Å²) in [6.45, 7) is 8.81. The first kappa shape index (κ1) is 17.2. The van der Waals surface area contributed by atoms with Gasteiger partial charge in [0.25, 0.3) is 0 Å². The van der Waals surface area contributed by atoms with Crippen LogP contribution in [-0.2, 0) is 6.42 Å². The smallest absolute Gasteiger partial charge is 0.0208 e. The van der Waals surface area contributed by atoms with Gasteiger partial charge in [0.1, 0.15) is 0 Å². The van der Waals surface area contributed by atoms with Crippen molar-refractivity contribution in [1.29, 1.82) is 0 Å². The van der Waals surface area contributed by atoms with E-state index >= 15 is 0 Å². The molecular formula is C17H31N3. The lowest BCUT2D eigenvalue weighted by Crippen LogP contribution is -2.43. The first-order valence-electron chi connectivity index (χ1n) is 7.64. The Morgan fingerprint density at radius 1 is 1.00 bits per heavy atom. The fourth-order valence-electron chi connectivity index (χ4n) is 2.43. The minimum atomic E-state index is 0.207. The Balaban J connectivity index is 2.46. The fourth-order valence-corrected chi connectivity index (χ4v) is 2.43. The second-order valence-corrected chi connectivity index (χ2v) is 6.41. The van der Waals surface area contributed by atoms with Gasteiger partial charge in [0.05, 0.1) is 0 Å². The van der Waals surface area contributed by atoms with Gasteiger partial charge in [-0.05, 0) is 32.0 Å². The number of likely N-dealkylation sites (N-methyl/N-ethyl adjacent to an activating group) is 1. The normalized spacial score (nSPS) is 13.4. The van der Waals surface area contributed by atoms with E-state index in [9.17, 15) is 0 Å². The zero-order valence-corrected chi connectivity index (χ0v) is 13.5. The van der Waals surface area contributed by atoms with Crippen LogP contribution in [0.2, 0.25) is 0 Å². The molecule has 114 valence electrons. The molecule has 1 unspecified atom stereocenters. The molecule has 0 spiro atoms. The summed E-state index contributed by atoms with van der Waals surface area (Å²) in [4.78, 5) is 4.73. The first-order valence-corrected chi connectivity index (χ1v) is 7.64. The van der Waals surface area contributed by atoms with Crippen molar-refractivity contribution in [2.45, 2.75) is 26.3 Å². The van der Waals surface area contributed by atoms with Crippen LogP contribution in [0, 0.1) is 5.92 Å². The van der Waals surface area contributed by atoms with Gasteiger partial charge in [-0.1, -0.05) is 44.2 Å². The van der Waals surface area contributed by atoms with Crippen molar-refractivity contribution >= 4 is 0 Å². The van der Waals surface area contributed by atoms with Gasteiger partial charge in [0.2, 0.25) is 0 Å². The van der Waals surface area contributed by atoms with Gasteiger partial charge in [0.15, 0.2) is 0 Å². The van der Waals surface area contributed by atoms with Crippen molar-refractivity contribution in [3.05, 3.63) is 35.9 Å². The maximum absolute atomic E-state index is 6.33. The van der Waals surface area contributed by atoms with E-state index in [2.05, 4.69) is 68.1 Å². The standard InChI is InChI=1S/C17H31N3/c1-15(2)13-20(11-10-19(3)4)14-17(18)12-16-8-6-5-7-9-16/h5-9,15,17H,10-14,18H2,1-4H3. The van der Waals surface area contributed by atoms with Crippen molar-refractivity contribution in [2.24, 2.45) is 11.7 Å². The molecule has 0 amide bonds. The average Bonchev–Trinajstić information content (AvgIpc) is 2.36. The molecule has 1 rings (SSSR count). The maximum Gasteiger partial charge on any atom is 0.0208 e. The molecule has 0 aliphatic heterocycles. The number of hydrogen-bond donors (Lipinski definition) is 1. The van der Waals surface area contributed by atoms with Crippen molar-refractivity contribution in [3.63, 3.8) is 0 Å². The zero-order valence-electron chi connectivity index (χ0n) is 13.5. The lowest BCUT2D eigenvalue weighted by atomic mass is 10.1. The monoisotopic (exact) mass is 277 g/mol. The van der Waals surface area contributed by atoms with Gasteiger partial charge in [-0.25, -0.2) is 0 Å². The lowest BCUT2D eigenvalue weighted by Gasteiger charge is -2.28. The van der Waals surface area contributed by atoms with E-state index in [-0.39, 0.29) is 6.04 Å². The first-order chi connectivity index (χ1) is 9.47. The van der Waals surface area contributed by atoms with Crippen LogP contribution < -0.4 is 5.73 Å². The molecule has 3 nitrogen and oxygen atoms in total. The molecule has 0 saturated heterocycles. The summed E-state index contributed by atoms with van der Waals surface area (Å²) in [6.07, 6.45) is 0.956. The largest absolute Gasteiger partial charge is 0.326 e. The Kier molecular flexibility index (Phi) is 7.82. The molecule has 0 aliphatic carbocycles. The highest BCUT2D eigenvalue weighted by atomic mass is 15.2. The molecule has 1 atom stereocenters. The SMILES string of the molecule is CC(C)CN(CCN(C)C)CC(N)Cc1ccccc1. The minimum absolute atomic E-state index is 0.207. The average molecular weight is 277 g/mol. The molecule has 0 radical (unpaired) electrons. The van der Waals surface area contributed by atoms with Crippen LogP contribution in [0.15, 0.2) is 30.3 Å². The Labute approximate surface area is 124 Å². The van der Waals surface area contributed by atoms with Crippen LogP contribution in [0.25, 0.3) is 0 Å². The molecule has 0 fully saturated rings. The van der Waals surface area contributed by atoms with E-state index < -0.39 is 0 Å². The molecule has 0 saturated carbocycles. The molecule has 2 N–H and O–H groups in total. The van der Waals surface area contributed by atoms with E-state index in [1.807, 2.05) is 0 Å². The zero-order chi connectivity index (χ0) is 15.0. The second kappa shape index (κ2) is 9.11. The Morgan fingerprint density at radius 2 is 1.65 bits per heavy atom. The Bertz CT molecular complexity index is 349. The second-order valence-electron chi connectivity index (χ2n) is 6.41. The molecule has 0 aliphatic rings. The van der Waals surface area contributed by atoms with Crippen molar-refractivity contribution in [3.8, 4) is 0 Å². The predicted molar refractivity (Wildman–Crippen MR) is 88.0 cm³/mol. The summed E-state index contributed by atoms with van der Waals surface area (Å²) in [5, 5.41) is 0. The predicted octanol–water partition coefficient (Wildman–Crippen LogP) is 2.08. The highest BCUT2D eigenvalue weighted by molar-refractivity contribution is 5.15. The highest BCUT2D eigenvalue weighted by Crippen LogP contribution is 2.05. The van der Waals surface area contributed by atoms with Crippen molar-refractivity contribution < 1.29 is 0 Å². The molecule has 3 heteroatoms. The maximum atomic E-state index is 6.33. The summed E-state index contributed by atoms with van der Waals surface area (Å²) in [5.74, 6) is 0.682. The topological polar surface area (TPSA) is 32.5 Å². The number of nitrogens with zero attached hydrogens (tertiary/aromatic N) is 2. The van der Waals surface area contributed by atoms with E-state index in [4.69, 9.17) is 5.73 Å². The van der Waals surface area contributed by atoms with Crippen LogP contribution in [0.3, 0.4) is 0 Å². The van der Waals surface area contributed by atoms with E-state index in [0.717, 1.165) is 32.6 Å². The number of nitrogens with two attached hydrogens (primary N) is 1. The summed E-state index contributed by atoms with van der Waals surface area (Å²) in [6, 6.07) is 10.7. The van der Waals surface area contributed by atoms with Gasteiger partial charge in [-0.15, -0.1) is 0 Å². The van der Waals surface area contributed by atoms with Gasteiger partial charge in [-0.2, -0.15) is 0 Å². The third-order valence-electron chi connectivity index (χ3n) is 3.32. The van der Waals surface area contributed by atoms with Crippen LogP contribution in [0.1, 0.15) is 19.4 Å². The summed E-state index contributed by atoms with van der Waals surface area (Å²) >= 11 is 0. The fraction of sp³-hybridized carbons (Fsp3) is 0.647. The van der Waals surface area contributed by atoms with Gasteiger partial charge in [0, 0.05) is 32.2 Å². The lowest BCUT2D eigenvalue weighted by molar-refractivity contribution is 0.207. The summed E-state index contributed by atoms with van der Waals surface area (Å²) < 4.78 is 0.